The maximum atomic E-state index is 14.2. The van der Waals surface area contributed by atoms with Crippen LogP contribution >= 0.6 is 0 Å². The van der Waals surface area contributed by atoms with Crippen LogP contribution in [-0.4, -0.2) is 51.4 Å². The lowest BCUT2D eigenvalue weighted by atomic mass is 9.91. The summed E-state index contributed by atoms with van der Waals surface area (Å²) in [5, 5.41) is 3.46. The molecule has 1 fully saturated rings. The Bertz CT molecular complexity index is 1480. The molecule has 1 atom stereocenters. The van der Waals surface area contributed by atoms with E-state index in [1.807, 2.05) is 30.0 Å². The molecular formula is C32H35N5O. The molecule has 3 heterocycles. The Morgan fingerprint density at radius 1 is 0.921 bits per heavy atom. The second-order valence-electron chi connectivity index (χ2n) is 10.7. The molecule has 1 aromatic heterocycles. The minimum absolute atomic E-state index is 0.107. The number of carbonyl (C=O) groups excluding carboxylic acids is 1. The number of benzene rings is 3. The fourth-order valence-electron chi connectivity index (χ4n) is 5.74. The first kappa shape index (κ1) is 24.4. The van der Waals surface area contributed by atoms with Gasteiger partial charge in [0.2, 0.25) is 5.95 Å². The molecule has 1 saturated heterocycles. The van der Waals surface area contributed by atoms with Crippen molar-refractivity contribution in [2.24, 2.45) is 0 Å². The Labute approximate surface area is 224 Å². The van der Waals surface area contributed by atoms with Gasteiger partial charge in [-0.25, -0.2) is 4.98 Å². The second-order valence-corrected chi connectivity index (χ2v) is 10.7. The van der Waals surface area contributed by atoms with E-state index < -0.39 is 0 Å². The number of aromatic nitrogens is 2. The van der Waals surface area contributed by atoms with Crippen molar-refractivity contribution in [2.45, 2.75) is 39.3 Å². The van der Waals surface area contributed by atoms with Crippen molar-refractivity contribution in [1.29, 1.82) is 0 Å². The number of imidazole rings is 1. The van der Waals surface area contributed by atoms with Crippen molar-refractivity contribution in [2.75, 3.05) is 31.5 Å². The van der Waals surface area contributed by atoms with Gasteiger partial charge < -0.3 is 10.2 Å². The Morgan fingerprint density at radius 3 is 2.32 bits per heavy atom. The molecule has 1 amide bonds. The molecule has 6 heteroatoms. The van der Waals surface area contributed by atoms with E-state index in [9.17, 15) is 4.79 Å². The molecule has 6 rings (SSSR count). The van der Waals surface area contributed by atoms with E-state index >= 15 is 0 Å². The number of amides is 1. The zero-order chi connectivity index (χ0) is 26.2. The number of nitrogens with zero attached hydrogens (tertiary/aromatic N) is 4. The molecule has 6 nitrogen and oxygen atoms in total. The lowest BCUT2D eigenvalue weighted by Gasteiger charge is -2.38. The fourth-order valence-corrected chi connectivity index (χ4v) is 5.74. The predicted octanol–water partition coefficient (Wildman–Crippen LogP) is 5.79. The van der Waals surface area contributed by atoms with E-state index in [1.54, 1.807) is 0 Å². The molecule has 0 radical (unpaired) electrons. The monoisotopic (exact) mass is 505 g/mol. The third-order valence-corrected chi connectivity index (χ3v) is 7.89. The third kappa shape index (κ3) is 4.50. The molecule has 0 spiro atoms. The van der Waals surface area contributed by atoms with E-state index in [1.165, 1.54) is 11.1 Å². The largest absolute Gasteiger partial charge is 0.336 e. The van der Waals surface area contributed by atoms with Gasteiger partial charge >= 0.3 is 0 Å². The second kappa shape index (κ2) is 10.1. The Balaban J connectivity index is 1.32. The molecule has 4 aromatic rings. The van der Waals surface area contributed by atoms with Crippen molar-refractivity contribution in [3.05, 3.63) is 107 Å². The van der Waals surface area contributed by atoms with Crippen LogP contribution in [0.1, 0.15) is 49.4 Å². The van der Waals surface area contributed by atoms with Gasteiger partial charge in [-0.3, -0.25) is 14.3 Å². The summed E-state index contributed by atoms with van der Waals surface area (Å²) in [6.07, 6.45) is 0. The van der Waals surface area contributed by atoms with Crippen LogP contribution in [0.25, 0.3) is 11.0 Å². The average Bonchev–Trinajstić information content (AvgIpc) is 3.31. The number of rotatable bonds is 5. The summed E-state index contributed by atoms with van der Waals surface area (Å²) >= 11 is 0. The predicted molar refractivity (Wildman–Crippen MR) is 153 cm³/mol. The lowest BCUT2D eigenvalue weighted by Crippen LogP contribution is -2.49. The van der Waals surface area contributed by atoms with Gasteiger partial charge in [-0.05, 0) is 41.7 Å². The zero-order valence-electron chi connectivity index (χ0n) is 22.4. The average molecular weight is 506 g/mol. The molecule has 0 saturated carbocycles. The van der Waals surface area contributed by atoms with Crippen LogP contribution in [0.4, 0.5) is 5.95 Å². The molecule has 0 bridgehead atoms. The molecular weight excluding hydrogens is 470 g/mol. The topological polar surface area (TPSA) is 53.4 Å². The summed E-state index contributed by atoms with van der Waals surface area (Å²) in [4.78, 5) is 23.6. The van der Waals surface area contributed by atoms with Crippen LogP contribution in [0.3, 0.4) is 0 Å². The summed E-state index contributed by atoms with van der Waals surface area (Å²) in [5.41, 5.74) is 7.34. The highest BCUT2D eigenvalue weighted by atomic mass is 16.2. The number of piperazine rings is 1. The Kier molecular flexibility index (Phi) is 6.50. The summed E-state index contributed by atoms with van der Waals surface area (Å²) in [6, 6.07) is 27.2. The van der Waals surface area contributed by atoms with E-state index in [0.29, 0.717) is 5.92 Å². The summed E-state index contributed by atoms with van der Waals surface area (Å²) in [7, 11) is 0. The van der Waals surface area contributed by atoms with Crippen molar-refractivity contribution < 1.29 is 4.79 Å². The number of hydrogen-bond acceptors (Lipinski definition) is 4. The van der Waals surface area contributed by atoms with Crippen LogP contribution in [0.5, 0.6) is 0 Å². The maximum Gasteiger partial charge on any atom is 0.254 e. The van der Waals surface area contributed by atoms with Gasteiger partial charge in [0.15, 0.2) is 0 Å². The van der Waals surface area contributed by atoms with Crippen molar-refractivity contribution >= 4 is 22.9 Å². The summed E-state index contributed by atoms with van der Waals surface area (Å²) in [6.45, 7) is 10.5. The molecule has 2 aliphatic rings. The highest BCUT2D eigenvalue weighted by molar-refractivity contribution is 5.98. The minimum atomic E-state index is -0.241. The molecule has 38 heavy (non-hydrogen) atoms. The number of hydrogen-bond donors (Lipinski definition) is 1. The van der Waals surface area contributed by atoms with Gasteiger partial charge in [-0.1, -0.05) is 80.6 Å². The molecule has 194 valence electrons. The Hall–Kier alpha value is -3.90. The molecule has 0 aliphatic carbocycles. The third-order valence-electron chi connectivity index (χ3n) is 7.89. The quantitative estimate of drug-likeness (QED) is 0.373. The minimum Gasteiger partial charge on any atom is -0.336 e. The molecule has 0 unspecified atom stereocenters. The van der Waals surface area contributed by atoms with E-state index in [4.69, 9.17) is 4.98 Å². The van der Waals surface area contributed by atoms with Gasteiger partial charge in [-0.15, -0.1) is 0 Å². The van der Waals surface area contributed by atoms with Gasteiger partial charge in [0.05, 0.1) is 22.6 Å². The summed E-state index contributed by atoms with van der Waals surface area (Å²) in [5.74, 6) is 1.34. The van der Waals surface area contributed by atoms with Crippen molar-refractivity contribution in [3.63, 3.8) is 0 Å². The lowest BCUT2D eigenvalue weighted by molar-refractivity contribution is -0.129. The maximum absolute atomic E-state index is 14.2. The van der Waals surface area contributed by atoms with E-state index in [0.717, 1.165) is 66.5 Å². The van der Waals surface area contributed by atoms with E-state index in [-0.39, 0.29) is 11.9 Å². The van der Waals surface area contributed by atoms with Crippen LogP contribution in [-0.2, 0) is 11.3 Å². The number of carbonyl (C=O) groups is 1. The highest BCUT2D eigenvalue weighted by Crippen LogP contribution is 2.40. The number of nitrogens with one attached hydrogen (secondary N) is 1. The van der Waals surface area contributed by atoms with Crippen LogP contribution in [0, 0.1) is 0 Å². The number of fused-ring (bicyclic) bond motifs is 3. The van der Waals surface area contributed by atoms with Crippen LogP contribution < -0.4 is 5.32 Å². The standard InChI is InChI=1S/C32H35N5O/c1-22(2)25-13-15-26(16-14-25)30-29(23(3)33-32-34-27-11-7-8-12-28(27)37(30)32)31(38)36-19-17-35(18-20-36)21-24-9-5-4-6-10-24/h4-16,22,30H,17-21H2,1-3H3,(H,33,34)/t30-/m1/s1. The number of anilines is 1. The number of allylic oxidation sites excluding steroid dienone is 1. The van der Waals surface area contributed by atoms with Gasteiger partial charge in [0, 0.05) is 38.4 Å². The van der Waals surface area contributed by atoms with E-state index in [2.05, 4.69) is 89.3 Å². The highest BCUT2D eigenvalue weighted by Gasteiger charge is 2.36. The first-order chi connectivity index (χ1) is 18.5. The van der Waals surface area contributed by atoms with Crippen molar-refractivity contribution in [3.8, 4) is 0 Å². The first-order valence-corrected chi connectivity index (χ1v) is 13.6. The molecule has 1 N–H and O–H groups in total. The number of para-hydroxylation sites is 2. The summed E-state index contributed by atoms with van der Waals surface area (Å²) < 4.78 is 2.20. The van der Waals surface area contributed by atoms with Gasteiger partial charge in [0.1, 0.15) is 0 Å². The SMILES string of the molecule is CC1=C(C(=O)N2CCN(Cc3ccccc3)CC2)[C@@H](c2ccc(C(C)C)cc2)n2c(nc3ccccc32)N1. The van der Waals surface area contributed by atoms with Crippen LogP contribution in [0.15, 0.2) is 90.1 Å². The van der Waals surface area contributed by atoms with Crippen LogP contribution in [0.2, 0.25) is 0 Å². The smallest absolute Gasteiger partial charge is 0.254 e. The fraction of sp³-hybridized carbons (Fsp3) is 0.312. The molecule has 3 aromatic carbocycles. The Morgan fingerprint density at radius 2 is 1.61 bits per heavy atom. The van der Waals surface area contributed by atoms with Gasteiger partial charge in [0.25, 0.3) is 5.91 Å². The zero-order valence-corrected chi connectivity index (χ0v) is 22.4. The first-order valence-electron chi connectivity index (χ1n) is 13.6. The van der Waals surface area contributed by atoms with Crippen molar-refractivity contribution in [1.82, 2.24) is 19.4 Å². The molecule has 2 aliphatic heterocycles. The normalized spacial score (nSPS) is 18.1. The van der Waals surface area contributed by atoms with Gasteiger partial charge in [-0.2, -0.15) is 0 Å².